The molecule has 0 aromatic carbocycles. The molecule has 1 unspecified atom stereocenters. The monoisotopic (exact) mass is 284 g/mol. The van der Waals surface area contributed by atoms with Gasteiger partial charge in [0.1, 0.15) is 0 Å². The van der Waals surface area contributed by atoms with E-state index in [9.17, 15) is 0 Å². The lowest BCUT2D eigenvalue weighted by Gasteiger charge is -2.15. The summed E-state index contributed by atoms with van der Waals surface area (Å²) in [5.41, 5.74) is 0. The molecule has 0 fully saturated rings. The Labute approximate surface area is 122 Å². The maximum atomic E-state index is 2.31. The van der Waals surface area contributed by atoms with Crippen molar-refractivity contribution in [2.24, 2.45) is 5.92 Å². The Morgan fingerprint density at radius 2 is 1.83 bits per heavy atom. The molecular formula is C16H28S2. The Bertz CT molecular complexity index is 267. The van der Waals surface area contributed by atoms with E-state index in [2.05, 4.69) is 42.4 Å². The SMILES string of the molecule is CCCCCCC(CCCC)CSc1ccsc1. The molecule has 0 aliphatic heterocycles. The second-order valence-corrected chi connectivity index (χ2v) is 7.00. The van der Waals surface area contributed by atoms with Gasteiger partial charge in [0.2, 0.25) is 0 Å². The fourth-order valence-corrected chi connectivity index (χ4v) is 4.18. The van der Waals surface area contributed by atoms with E-state index in [-0.39, 0.29) is 0 Å². The molecule has 1 atom stereocenters. The third-order valence-electron chi connectivity index (χ3n) is 3.41. The van der Waals surface area contributed by atoms with Gasteiger partial charge in [0.25, 0.3) is 0 Å². The average Bonchev–Trinajstić information content (AvgIpc) is 2.90. The molecule has 0 N–H and O–H groups in total. The summed E-state index contributed by atoms with van der Waals surface area (Å²) in [6, 6.07) is 2.25. The molecule has 0 bridgehead atoms. The summed E-state index contributed by atoms with van der Waals surface area (Å²) < 4.78 is 0. The van der Waals surface area contributed by atoms with Crippen molar-refractivity contribution in [1.82, 2.24) is 0 Å². The molecule has 0 aliphatic carbocycles. The van der Waals surface area contributed by atoms with E-state index in [1.807, 2.05) is 11.3 Å². The lowest BCUT2D eigenvalue weighted by molar-refractivity contribution is 0.451. The molecule has 0 spiro atoms. The molecule has 1 heterocycles. The van der Waals surface area contributed by atoms with Gasteiger partial charge in [0.05, 0.1) is 0 Å². The van der Waals surface area contributed by atoms with E-state index < -0.39 is 0 Å². The summed E-state index contributed by atoms with van der Waals surface area (Å²) in [5.74, 6) is 2.26. The second-order valence-electron chi connectivity index (χ2n) is 5.13. The van der Waals surface area contributed by atoms with Crippen LogP contribution in [0.25, 0.3) is 0 Å². The minimum absolute atomic E-state index is 0.937. The maximum absolute atomic E-state index is 2.31. The number of thioether (sulfide) groups is 1. The van der Waals surface area contributed by atoms with E-state index in [1.165, 1.54) is 62.0 Å². The highest BCUT2D eigenvalue weighted by atomic mass is 32.2. The van der Waals surface area contributed by atoms with E-state index in [1.54, 1.807) is 0 Å². The van der Waals surface area contributed by atoms with Crippen molar-refractivity contribution in [3.63, 3.8) is 0 Å². The van der Waals surface area contributed by atoms with Gasteiger partial charge in [-0.05, 0) is 30.2 Å². The lowest BCUT2D eigenvalue weighted by atomic mass is 9.97. The van der Waals surface area contributed by atoms with Crippen LogP contribution in [0, 0.1) is 5.92 Å². The Balaban J connectivity index is 2.21. The molecule has 1 rings (SSSR count). The smallest absolute Gasteiger partial charge is 0.0179 e. The maximum Gasteiger partial charge on any atom is 0.0179 e. The zero-order valence-corrected chi connectivity index (χ0v) is 13.6. The van der Waals surface area contributed by atoms with Crippen LogP contribution in [0.5, 0.6) is 0 Å². The highest BCUT2D eigenvalue weighted by molar-refractivity contribution is 7.99. The first kappa shape index (κ1) is 16.1. The quantitative estimate of drug-likeness (QED) is 0.325. The standard InChI is InChI=1S/C16H28S2/c1-3-5-7-8-10-15(9-6-4-2)13-18-16-11-12-17-14-16/h11-12,14-15H,3-10,13H2,1-2H3. The molecule has 104 valence electrons. The third-order valence-corrected chi connectivity index (χ3v) is 5.47. The normalized spacial score (nSPS) is 12.8. The first-order valence-electron chi connectivity index (χ1n) is 7.51. The number of rotatable bonds is 11. The van der Waals surface area contributed by atoms with E-state index in [0.29, 0.717) is 0 Å². The summed E-state index contributed by atoms with van der Waals surface area (Å²) in [6.07, 6.45) is 11.3. The molecular weight excluding hydrogens is 256 g/mol. The van der Waals surface area contributed by atoms with Crippen LogP contribution in [0.15, 0.2) is 21.7 Å². The fourth-order valence-electron chi connectivity index (χ4n) is 2.21. The van der Waals surface area contributed by atoms with E-state index in [0.717, 1.165) is 5.92 Å². The average molecular weight is 285 g/mol. The summed E-state index contributed by atoms with van der Waals surface area (Å²) in [4.78, 5) is 1.47. The van der Waals surface area contributed by atoms with E-state index >= 15 is 0 Å². The Kier molecular flexibility index (Phi) is 9.78. The third kappa shape index (κ3) is 7.48. The second kappa shape index (κ2) is 10.9. The Morgan fingerprint density at radius 3 is 2.50 bits per heavy atom. The van der Waals surface area contributed by atoms with Crippen LogP contribution in [-0.4, -0.2) is 5.75 Å². The van der Waals surface area contributed by atoms with Crippen LogP contribution >= 0.6 is 23.1 Å². The zero-order chi connectivity index (χ0) is 13.1. The highest BCUT2D eigenvalue weighted by Crippen LogP contribution is 2.27. The van der Waals surface area contributed by atoms with E-state index in [4.69, 9.17) is 0 Å². The topological polar surface area (TPSA) is 0 Å². The Hall–Kier alpha value is 0.0500. The highest BCUT2D eigenvalue weighted by Gasteiger charge is 2.09. The van der Waals surface area contributed by atoms with Gasteiger partial charge >= 0.3 is 0 Å². The van der Waals surface area contributed by atoms with Crippen molar-refractivity contribution in [2.45, 2.75) is 70.1 Å². The minimum Gasteiger partial charge on any atom is -0.151 e. The molecule has 0 nitrogen and oxygen atoms in total. The van der Waals surface area contributed by atoms with Gasteiger partial charge in [0, 0.05) is 16.0 Å². The summed E-state index contributed by atoms with van der Waals surface area (Å²) >= 11 is 3.87. The van der Waals surface area contributed by atoms with Crippen molar-refractivity contribution >= 4 is 23.1 Å². The summed E-state index contributed by atoms with van der Waals surface area (Å²) in [5, 5.41) is 4.46. The number of hydrogen-bond acceptors (Lipinski definition) is 2. The van der Waals surface area contributed by atoms with Crippen molar-refractivity contribution in [1.29, 1.82) is 0 Å². The van der Waals surface area contributed by atoms with Crippen molar-refractivity contribution in [3.8, 4) is 0 Å². The predicted molar refractivity (Wildman–Crippen MR) is 86.8 cm³/mol. The van der Waals surface area contributed by atoms with Crippen LogP contribution in [0.4, 0.5) is 0 Å². The molecule has 0 saturated carbocycles. The van der Waals surface area contributed by atoms with Crippen LogP contribution in [0.2, 0.25) is 0 Å². The first-order valence-corrected chi connectivity index (χ1v) is 9.44. The largest absolute Gasteiger partial charge is 0.151 e. The zero-order valence-electron chi connectivity index (χ0n) is 12.0. The molecule has 0 amide bonds. The van der Waals surface area contributed by atoms with Gasteiger partial charge in [-0.15, -0.1) is 11.8 Å². The molecule has 0 aliphatic rings. The number of thiophene rings is 1. The molecule has 0 radical (unpaired) electrons. The molecule has 2 heteroatoms. The molecule has 1 aromatic heterocycles. The van der Waals surface area contributed by atoms with Gasteiger partial charge in [-0.2, -0.15) is 11.3 Å². The van der Waals surface area contributed by atoms with Gasteiger partial charge in [-0.25, -0.2) is 0 Å². The molecule has 1 aromatic rings. The Morgan fingerprint density at radius 1 is 1.06 bits per heavy atom. The molecule has 18 heavy (non-hydrogen) atoms. The number of unbranched alkanes of at least 4 members (excludes halogenated alkanes) is 4. The van der Waals surface area contributed by atoms with Crippen molar-refractivity contribution < 1.29 is 0 Å². The van der Waals surface area contributed by atoms with Crippen molar-refractivity contribution in [2.75, 3.05) is 5.75 Å². The minimum atomic E-state index is 0.937. The lowest BCUT2D eigenvalue weighted by Crippen LogP contribution is -2.04. The van der Waals surface area contributed by atoms with Gasteiger partial charge < -0.3 is 0 Å². The van der Waals surface area contributed by atoms with Crippen molar-refractivity contribution in [3.05, 3.63) is 16.8 Å². The van der Waals surface area contributed by atoms with Gasteiger partial charge in [-0.3, -0.25) is 0 Å². The molecule has 0 saturated heterocycles. The van der Waals surface area contributed by atoms with Crippen LogP contribution in [-0.2, 0) is 0 Å². The fraction of sp³-hybridized carbons (Fsp3) is 0.750. The van der Waals surface area contributed by atoms with Gasteiger partial charge in [0.15, 0.2) is 0 Å². The van der Waals surface area contributed by atoms with Crippen LogP contribution < -0.4 is 0 Å². The number of hydrogen-bond donors (Lipinski definition) is 0. The van der Waals surface area contributed by atoms with Crippen LogP contribution in [0.3, 0.4) is 0 Å². The summed E-state index contributed by atoms with van der Waals surface area (Å²) in [6.45, 7) is 4.60. The predicted octanol–water partition coefficient (Wildman–Crippen LogP) is 6.62. The summed E-state index contributed by atoms with van der Waals surface area (Å²) in [7, 11) is 0. The van der Waals surface area contributed by atoms with Gasteiger partial charge in [-0.1, -0.05) is 52.4 Å². The first-order chi connectivity index (χ1) is 8.86. The van der Waals surface area contributed by atoms with Crippen LogP contribution in [0.1, 0.15) is 65.2 Å².